The molecule has 1 saturated carbocycles. The summed E-state index contributed by atoms with van der Waals surface area (Å²) in [7, 11) is 1.92. The van der Waals surface area contributed by atoms with Crippen molar-refractivity contribution in [1.29, 1.82) is 0 Å². The topological polar surface area (TPSA) is 41.1 Å². The van der Waals surface area contributed by atoms with E-state index in [0.717, 1.165) is 36.8 Å². The van der Waals surface area contributed by atoms with E-state index in [-0.39, 0.29) is 0 Å². The zero-order chi connectivity index (χ0) is 14.7. The molecule has 1 aliphatic carbocycles. The van der Waals surface area contributed by atoms with Crippen LogP contribution >= 0.6 is 11.3 Å². The van der Waals surface area contributed by atoms with E-state index in [4.69, 9.17) is 4.98 Å². The third-order valence-corrected chi connectivity index (χ3v) is 4.54. The third-order valence-electron chi connectivity index (χ3n) is 3.68. The van der Waals surface area contributed by atoms with E-state index in [1.54, 1.807) is 0 Å². The fourth-order valence-corrected chi connectivity index (χ4v) is 3.15. The summed E-state index contributed by atoms with van der Waals surface area (Å²) in [6.07, 6.45) is 4.54. The lowest BCUT2D eigenvalue weighted by Crippen LogP contribution is -2.26. The molecule has 1 aliphatic rings. The van der Waals surface area contributed by atoms with Crippen LogP contribution in [0.1, 0.15) is 36.9 Å². The van der Waals surface area contributed by atoms with Crippen LogP contribution in [0.2, 0.25) is 0 Å². The van der Waals surface area contributed by atoms with Crippen molar-refractivity contribution in [3.05, 3.63) is 34.3 Å². The second kappa shape index (κ2) is 6.43. The largest absolute Gasteiger partial charge is 0.373 e. The van der Waals surface area contributed by atoms with Crippen LogP contribution < -0.4 is 10.2 Å². The minimum atomic E-state index is 0.640. The molecule has 0 unspecified atom stereocenters. The van der Waals surface area contributed by atoms with Crippen molar-refractivity contribution in [3.63, 3.8) is 0 Å². The van der Waals surface area contributed by atoms with Crippen molar-refractivity contribution >= 4 is 23.0 Å². The number of rotatable bonds is 7. The van der Waals surface area contributed by atoms with Gasteiger partial charge < -0.3 is 10.2 Å². The second-order valence-electron chi connectivity index (χ2n) is 5.47. The SMILES string of the molecule is CCCc1nc(NC)cc(N(Cc2cccs2)C2CC2)n1. The molecule has 112 valence electrons. The number of hydrogen-bond donors (Lipinski definition) is 1. The Morgan fingerprint density at radius 2 is 2.24 bits per heavy atom. The van der Waals surface area contributed by atoms with Gasteiger partial charge in [-0.3, -0.25) is 0 Å². The van der Waals surface area contributed by atoms with E-state index in [2.05, 4.69) is 45.7 Å². The zero-order valence-electron chi connectivity index (χ0n) is 12.7. The molecule has 4 nitrogen and oxygen atoms in total. The summed E-state index contributed by atoms with van der Waals surface area (Å²) in [5, 5.41) is 5.30. The number of nitrogens with one attached hydrogen (secondary N) is 1. The Morgan fingerprint density at radius 3 is 2.86 bits per heavy atom. The van der Waals surface area contributed by atoms with E-state index in [0.29, 0.717) is 6.04 Å². The Kier molecular flexibility index (Phi) is 4.39. The first-order valence-electron chi connectivity index (χ1n) is 7.65. The van der Waals surface area contributed by atoms with Crippen LogP contribution in [0, 0.1) is 0 Å². The van der Waals surface area contributed by atoms with E-state index < -0.39 is 0 Å². The highest BCUT2D eigenvalue weighted by Crippen LogP contribution is 2.33. The Morgan fingerprint density at radius 1 is 1.38 bits per heavy atom. The molecule has 0 amide bonds. The monoisotopic (exact) mass is 302 g/mol. The standard InChI is InChI=1S/C16H22N4S/c1-3-5-14-18-15(17-2)10-16(19-14)20(12-7-8-12)11-13-6-4-9-21-13/h4,6,9-10,12H,3,5,7-8,11H2,1-2H3,(H,17,18,19). The fraction of sp³-hybridized carbons (Fsp3) is 0.500. The minimum Gasteiger partial charge on any atom is -0.373 e. The molecule has 0 atom stereocenters. The van der Waals surface area contributed by atoms with Crippen LogP contribution in [-0.2, 0) is 13.0 Å². The van der Waals surface area contributed by atoms with Crippen LogP contribution in [0.25, 0.3) is 0 Å². The van der Waals surface area contributed by atoms with Gasteiger partial charge in [0, 0.05) is 30.5 Å². The van der Waals surface area contributed by atoms with Crippen molar-refractivity contribution in [2.24, 2.45) is 0 Å². The van der Waals surface area contributed by atoms with Crippen LogP contribution in [0.4, 0.5) is 11.6 Å². The molecule has 0 aromatic carbocycles. The average Bonchev–Trinajstić information content (AvgIpc) is 3.21. The lowest BCUT2D eigenvalue weighted by Gasteiger charge is -2.24. The predicted molar refractivity (Wildman–Crippen MR) is 89.1 cm³/mol. The van der Waals surface area contributed by atoms with Gasteiger partial charge in [-0.25, -0.2) is 9.97 Å². The fourth-order valence-electron chi connectivity index (χ4n) is 2.45. The number of aryl methyl sites for hydroxylation is 1. The third kappa shape index (κ3) is 3.53. The average molecular weight is 302 g/mol. The summed E-state index contributed by atoms with van der Waals surface area (Å²) in [5.74, 6) is 2.92. The first kappa shape index (κ1) is 14.3. The van der Waals surface area contributed by atoms with Crippen molar-refractivity contribution in [3.8, 4) is 0 Å². The normalized spacial score (nSPS) is 14.2. The molecular formula is C16H22N4S. The van der Waals surface area contributed by atoms with Crippen molar-refractivity contribution in [2.75, 3.05) is 17.3 Å². The van der Waals surface area contributed by atoms with E-state index in [1.165, 1.54) is 17.7 Å². The predicted octanol–water partition coefficient (Wildman–Crippen LogP) is 3.70. The summed E-state index contributed by atoms with van der Waals surface area (Å²) in [6, 6.07) is 7.03. The van der Waals surface area contributed by atoms with Gasteiger partial charge in [0.1, 0.15) is 17.5 Å². The maximum Gasteiger partial charge on any atom is 0.134 e. The van der Waals surface area contributed by atoms with Gasteiger partial charge in [0.25, 0.3) is 0 Å². The molecule has 1 fully saturated rings. The van der Waals surface area contributed by atoms with Crippen LogP contribution in [0.3, 0.4) is 0 Å². The number of hydrogen-bond acceptors (Lipinski definition) is 5. The molecule has 1 N–H and O–H groups in total. The van der Waals surface area contributed by atoms with E-state index in [1.807, 2.05) is 18.4 Å². The van der Waals surface area contributed by atoms with Gasteiger partial charge >= 0.3 is 0 Å². The Bertz CT molecular complexity index is 578. The van der Waals surface area contributed by atoms with Gasteiger partial charge in [-0.2, -0.15) is 0 Å². The van der Waals surface area contributed by atoms with Gasteiger partial charge in [-0.1, -0.05) is 13.0 Å². The van der Waals surface area contributed by atoms with Crippen LogP contribution in [0.15, 0.2) is 23.6 Å². The number of nitrogens with zero attached hydrogens (tertiary/aromatic N) is 3. The maximum atomic E-state index is 4.79. The molecule has 0 bridgehead atoms. The molecule has 0 saturated heterocycles. The molecule has 2 heterocycles. The number of anilines is 2. The van der Waals surface area contributed by atoms with E-state index in [9.17, 15) is 0 Å². The lowest BCUT2D eigenvalue weighted by molar-refractivity contribution is 0.762. The second-order valence-corrected chi connectivity index (χ2v) is 6.50. The first-order valence-corrected chi connectivity index (χ1v) is 8.53. The molecule has 0 radical (unpaired) electrons. The minimum absolute atomic E-state index is 0.640. The van der Waals surface area contributed by atoms with Gasteiger partial charge in [-0.15, -0.1) is 11.3 Å². The Hall–Kier alpha value is -1.62. The van der Waals surface area contributed by atoms with Crippen molar-refractivity contribution in [2.45, 2.75) is 45.2 Å². The highest BCUT2D eigenvalue weighted by atomic mass is 32.1. The summed E-state index contributed by atoms with van der Waals surface area (Å²) in [6.45, 7) is 3.12. The highest BCUT2D eigenvalue weighted by molar-refractivity contribution is 7.09. The zero-order valence-corrected chi connectivity index (χ0v) is 13.5. The first-order chi connectivity index (χ1) is 10.3. The van der Waals surface area contributed by atoms with Gasteiger partial charge in [0.05, 0.1) is 6.54 Å². The summed E-state index contributed by atoms with van der Waals surface area (Å²) in [4.78, 5) is 13.2. The van der Waals surface area contributed by atoms with Crippen molar-refractivity contribution in [1.82, 2.24) is 9.97 Å². The highest BCUT2D eigenvalue weighted by Gasteiger charge is 2.30. The molecule has 21 heavy (non-hydrogen) atoms. The number of thiophene rings is 1. The molecule has 0 aliphatic heterocycles. The molecule has 3 rings (SSSR count). The van der Waals surface area contributed by atoms with Gasteiger partial charge in [0.15, 0.2) is 0 Å². The van der Waals surface area contributed by atoms with Crippen LogP contribution in [-0.4, -0.2) is 23.1 Å². The smallest absolute Gasteiger partial charge is 0.134 e. The van der Waals surface area contributed by atoms with Gasteiger partial charge in [-0.05, 0) is 30.7 Å². The van der Waals surface area contributed by atoms with Crippen LogP contribution in [0.5, 0.6) is 0 Å². The molecule has 5 heteroatoms. The summed E-state index contributed by atoms with van der Waals surface area (Å²) in [5.41, 5.74) is 0. The molecule has 2 aromatic heterocycles. The summed E-state index contributed by atoms with van der Waals surface area (Å²) >= 11 is 1.81. The van der Waals surface area contributed by atoms with Gasteiger partial charge in [0.2, 0.25) is 0 Å². The molecule has 0 spiro atoms. The Balaban J connectivity index is 1.88. The summed E-state index contributed by atoms with van der Waals surface area (Å²) < 4.78 is 0. The quantitative estimate of drug-likeness (QED) is 0.846. The van der Waals surface area contributed by atoms with Crippen molar-refractivity contribution < 1.29 is 0 Å². The molecule has 2 aromatic rings. The lowest BCUT2D eigenvalue weighted by atomic mass is 10.3. The molecular weight excluding hydrogens is 280 g/mol. The maximum absolute atomic E-state index is 4.79. The number of aromatic nitrogens is 2. The Labute approximate surface area is 130 Å². The van der Waals surface area contributed by atoms with E-state index >= 15 is 0 Å².